The van der Waals surface area contributed by atoms with Crippen molar-refractivity contribution in [3.63, 3.8) is 0 Å². The molecule has 0 fully saturated rings. The maximum Gasteiger partial charge on any atom is 0.180 e. The summed E-state index contributed by atoms with van der Waals surface area (Å²) in [6, 6.07) is 4.04. The summed E-state index contributed by atoms with van der Waals surface area (Å²) in [5, 5.41) is 3.32. The van der Waals surface area contributed by atoms with E-state index in [1.807, 2.05) is 39.8 Å². The van der Waals surface area contributed by atoms with Gasteiger partial charge in [-0.15, -0.1) is 0 Å². The van der Waals surface area contributed by atoms with E-state index in [2.05, 4.69) is 5.32 Å². The van der Waals surface area contributed by atoms with Crippen LogP contribution in [0.5, 0.6) is 0 Å². The van der Waals surface area contributed by atoms with Gasteiger partial charge in [0.05, 0.1) is 10.6 Å². The van der Waals surface area contributed by atoms with Crippen LogP contribution in [0, 0.1) is 13.8 Å². The van der Waals surface area contributed by atoms with Crippen molar-refractivity contribution in [1.82, 2.24) is 5.32 Å². The fourth-order valence-electron chi connectivity index (χ4n) is 2.29. The van der Waals surface area contributed by atoms with Crippen LogP contribution >= 0.6 is 0 Å². The lowest BCUT2D eigenvalue weighted by molar-refractivity contribution is 0.508. The third-order valence-electron chi connectivity index (χ3n) is 3.26. The molecule has 1 atom stereocenters. The van der Waals surface area contributed by atoms with Crippen LogP contribution in [0.2, 0.25) is 0 Å². The van der Waals surface area contributed by atoms with E-state index in [4.69, 9.17) is 0 Å². The van der Waals surface area contributed by atoms with Crippen molar-refractivity contribution in [3.05, 3.63) is 28.8 Å². The Morgan fingerprint density at radius 2 is 1.82 bits per heavy atom. The Bertz CT molecular complexity index is 547. The van der Waals surface area contributed by atoms with Crippen LogP contribution in [0.15, 0.2) is 17.0 Å². The highest BCUT2D eigenvalue weighted by Crippen LogP contribution is 2.35. The van der Waals surface area contributed by atoms with Crippen LogP contribution in [0.25, 0.3) is 0 Å². The first-order valence-corrected chi connectivity index (χ1v) is 7.56. The van der Waals surface area contributed by atoms with E-state index in [9.17, 15) is 8.42 Å². The maximum atomic E-state index is 12.1. The minimum atomic E-state index is -3.10. The third-order valence-corrected chi connectivity index (χ3v) is 5.05. The average molecular weight is 253 g/mol. The highest BCUT2D eigenvalue weighted by Gasteiger charge is 2.35. The van der Waals surface area contributed by atoms with Crippen LogP contribution in [0.3, 0.4) is 0 Å². The molecule has 1 aliphatic rings. The number of hydrogen-bond donors (Lipinski definition) is 1. The first kappa shape index (κ1) is 12.6. The topological polar surface area (TPSA) is 46.2 Å². The van der Waals surface area contributed by atoms with Crippen molar-refractivity contribution in [1.29, 1.82) is 0 Å². The van der Waals surface area contributed by atoms with Crippen LogP contribution in [-0.4, -0.2) is 20.2 Å². The molecular formula is C13H19NO2S. The van der Waals surface area contributed by atoms with Gasteiger partial charge in [0.15, 0.2) is 9.84 Å². The standard InChI is InChI=1S/C13H19NO2S/c1-8(2)14-12-7-17(15,16)13-6-10(4)9(3)5-11(12)13/h5-6,8,12,14H,7H2,1-4H3. The lowest BCUT2D eigenvalue weighted by Crippen LogP contribution is -2.29. The molecule has 0 radical (unpaired) electrons. The fraction of sp³-hybridized carbons (Fsp3) is 0.538. The van der Waals surface area contributed by atoms with Crippen molar-refractivity contribution < 1.29 is 8.42 Å². The van der Waals surface area contributed by atoms with Gasteiger partial charge in [0.2, 0.25) is 0 Å². The molecule has 1 aliphatic heterocycles. The Balaban J connectivity index is 2.54. The summed E-state index contributed by atoms with van der Waals surface area (Å²) >= 11 is 0. The molecule has 1 aromatic carbocycles. The van der Waals surface area contributed by atoms with Gasteiger partial charge in [-0.25, -0.2) is 8.42 Å². The molecule has 2 rings (SSSR count). The van der Waals surface area contributed by atoms with Crippen LogP contribution in [0.1, 0.15) is 36.6 Å². The van der Waals surface area contributed by atoms with Gasteiger partial charge in [-0.2, -0.15) is 0 Å². The minimum Gasteiger partial charge on any atom is -0.307 e. The summed E-state index contributed by atoms with van der Waals surface area (Å²) in [6.07, 6.45) is 0. The second-order valence-electron chi connectivity index (χ2n) is 5.13. The van der Waals surface area contributed by atoms with Gasteiger partial charge in [-0.3, -0.25) is 0 Å². The molecule has 0 amide bonds. The Morgan fingerprint density at radius 3 is 2.41 bits per heavy atom. The zero-order chi connectivity index (χ0) is 12.8. The molecule has 1 N–H and O–H groups in total. The average Bonchev–Trinajstić information content (AvgIpc) is 2.40. The molecule has 0 saturated carbocycles. The molecule has 0 aromatic heterocycles. The molecular weight excluding hydrogens is 234 g/mol. The van der Waals surface area contributed by atoms with Gasteiger partial charge in [0.25, 0.3) is 0 Å². The molecule has 0 aliphatic carbocycles. The second kappa shape index (κ2) is 4.10. The van der Waals surface area contributed by atoms with Crippen molar-refractivity contribution in [3.8, 4) is 0 Å². The fourth-order valence-corrected chi connectivity index (χ4v) is 4.10. The maximum absolute atomic E-state index is 12.1. The highest BCUT2D eigenvalue weighted by atomic mass is 32.2. The van der Waals surface area contributed by atoms with Gasteiger partial charge in [0.1, 0.15) is 0 Å². The Morgan fingerprint density at radius 1 is 1.24 bits per heavy atom. The Kier molecular flexibility index (Phi) is 3.04. The van der Waals surface area contributed by atoms with Gasteiger partial charge < -0.3 is 5.32 Å². The van der Waals surface area contributed by atoms with E-state index in [-0.39, 0.29) is 17.8 Å². The summed E-state index contributed by atoms with van der Waals surface area (Å²) in [5.41, 5.74) is 3.12. The van der Waals surface area contributed by atoms with E-state index in [1.54, 1.807) is 0 Å². The van der Waals surface area contributed by atoms with Gasteiger partial charge >= 0.3 is 0 Å². The second-order valence-corrected chi connectivity index (χ2v) is 7.13. The lowest BCUT2D eigenvalue weighted by atomic mass is 10.0. The third kappa shape index (κ3) is 2.24. The Labute approximate surface area is 103 Å². The summed E-state index contributed by atoms with van der Waals surface area (Å²) in [4.78, 5) is 0.513. The molecule has 17 heavy (non-hydrogen) atoms. The Hall–Kier alpha value is -0.870. The number of nitrogens with one attached hydrogen (secondary N) is 1. The molecule has 0 bridgehead atoms. The van der Waals surface area contributed by atoms with Gasteiger partial charge in [-0.1, -0.05) is 19.9 Å². The van der Waals surface area contributed by atoms with E-state index in [0.717, 1.165) is 16.7 Å². The van der Waals surface area contributed by atoms with Crippen molar-refractivity contribution in [2.45, 2.75) is 44.7 Å². The number of aryl methyl sites for hydroxylation is 2. The zero-order valence-electron chi connectivity index (χ0n) is 10.7. The first-order valence-electron chi connectivity index (χ1n) is 5.91. The van der Waals surface area contributed by atoms with Crippen molar-refractivity contribution in [2.24, 2.45) is 0 Å². The zero-order valence-corrected chi connectivity index (χ0v) is 11.6. The van der Waals surface area contributed by atoms with E-state index in [1.165, 1.54) is 0 Å². The summed E-state index contributed by atoms with van der Waals surface area (Å²) in [7, 11) is -3.10. The molecule has 94 valence electrons. The molecule has 0 spiro atoms. The van der Waals surface area contributed by atoms with Crippen LogP contribution < -0.4 is 5.32 Å². The normalized spacial score (nSPS) is 21.8. The molecule has 1 heterocycles. The van der Waals surface area contributed by atoms with Crippen LogP contribution in [-0.2, 0) is 9.84 Å². The lowest BCUT2D eigenvalue weighted by Gasteiger charge is -2.16. The molecule has 1 unspecified atom stereocenters. The van der Waals surface area contributed by atoms with E-state index < -0.39 is 9.84 Å². The number of benzene rings is 1. The molecule has 0 saturated heterocycles. The minimum absolute atomic E-state index is 0.0608. The molecule has 1 aromatic rings. The first-order chi connectivity index (χ1) is 7.81. The monoisotopic (exact) mass is 253 g/mol. The summed E-state index contributed by atoms with van der Waals surface area (Å²) in [6.45, 7) is 8.04. The molecule has 3 nitrogen and oxygen atoms in total. The van der Waals surface area contributed by atoms with E-state index >= 15 is 0 Å². The predicted octanol–water partition coefficient (Wildman–Crippen LogP) is 2.13. The summed E-state index contributed by atoms with van der Waals surface area (Å²) in [5.74, 6) is 0.184. The number of rotatable bonds is 2. The predicted molar refractivity (Wildman–Crippen MR) is 69.0 cm³/mol. The quantitative estimate of drug-likeness (QED) is 0.878. The number of fused-ring (bicyclic) bond motifs is 1. The molecule has 4 heteroatoms. The summed E-state index contributed by atoms with van der Waals surface area (Å²) < 4.78 is 24.1. The van der Waals surface area contributed by atoms with Crippen molar-refractivity contribution in [2.75, 3.05) is 5.75 Å². The SMILES string of the molecule is Cc1cc2c(cc1C)S(=O)(=O)CC2NC(C)C. The highest BCUT2D eigenvalue weighted by molar-refractivity contribution is 7.91. The largest absolute Gasteiger partial charge is 0.307 e. The smallest absolute Gasteiger partial charge is 0.180 e. The van der Waals surface area contributed by atoms with Gasteiger partial charge in [0, 0.05) is 12.1 Å². The van der Waals surface area contributed by atoms with Crippen molar-refractivity contribution >= 4 is 9.84 Å². The van der Waals surface area contributed by atoms with Gasteiger partial charge in [-0.05, 0) is 36.6 Å². The number of sulfone groups is 1. The van der Waals surface area contributed by atoms with E-state index in [0.29, 0.717) is 4.90 Å². The number of hydrogen-bond acceptors (Lipinski definition) is 3. The van der Waals surface area contributed by atoms with Crippen LogP contribution in [0.4, 0.5) is 0 Å².